The second-order valence-electron chi connectivity index (χ2n) is 27.3. The van der Waals surface area contributed by atoms with Crippen LogP contribution in [0.15, 0.2) is 185 Å². The van der Waals surface area contributed by atoms with Crippen molar-refractivity contribution in [3.8, 4) is 33.8 Å². The minimum atomic E-state index is -1.12. The number of nitrogens with two attached hydrogens (primary N) is 3. The van der Waals surface area contributed by atoms with Crippen LogP contribution in [0.4, 0.5) is 35.0 Å². The number of pyridine rings is 2. The van der Waals surface area contributed by atoms with Gasteiger partial charge in [0.1, 0.15) is 65.0 Å². The van der Waals surface area contributed by atoms with Crippen molar-refractivity contribution in [2.45, 2.75) is 95.2 Å². The smallest absolute Gasteiger partial charge is 0.246 e. The Hall–Kier alpha value is -13.4. The first-order valence-electron chi connectivity index (χ1n) is 36.5. The van der Waals surface area contributed by atoms with E-state index >= 15 is 0 Å². The number of aromatic nitrogens is 14. The predicted molar refractivity (Wildman–Crippen MR) is 413 cm³/mol. The van der Waals surface area contributed by atoms with Gasteiger partial charge in [-0.15, -0.1) is 0 Å². The molecule has 3 saturated heterocycles. The summed E-state index contributed by atoms with van der Waals surface area (Å²) in [7, 11) is 0. The van der Waals surface area contributed by atoms with Crippen LogP contribution in [0.5, 0.6) is 0 Å². The maximum Gasteiger partial charge on any atom is 0.246 e. The summed E-state index contributed by atoms with van der Waals surface area (Å²) in [5.41, 5.74) is 27.3. The molecule has 0 bridgehead atoms. The zero-order valence-electron chi connectivity index (χ0n) is 61.0. The summed E-state index contributed by atoms with van der Waals surface area (Å²) in [5, 5.41) is 16.6. The molecular weight excluding hydrogens is 1440 g/mol. The molecule has 3 aliphatic heterocycles. The molecule has 3 atom stereocenters. The number of anilines is 3. The molecule has 0 aliphatic carbocycles. The Morgan fingerprint density at radius 1 is 0.420 bits per heavy atom. The monoisotopic (exact) mass is 1510 g/mol. The Morgan fingerprint density at radius 2 is 0.795 bits per heavy atom. The summed E-state index contributed by atoms with van der Waals surface area (Å²) in [6.45, 7) is 14.3. The molecule has 3 amide bonds. The number of rotatable bonds is 21. The third kappa shape index (κ3) is 16.7. The van der Waals surface area contributed by atoms with Gasteiger partial charge in [0.15, 0.2) is 51.7 Å². The Balaban J connectivity index is 0.000000147. The number of piperidine rings is 3. The molecule has 3 unspecified atom stereocenters. The summed E-state index contributed by atoms with van der Waals surface area (Å²) in [6.07, 6.45) is 18.9. The summed E-state index contributed by atoms with van der Waals surface area (Å²) in [4.78, 5) is 113. The lowest BCUT2D eigenvalue weighted by Crippen LogP contribution is -2.40. The van der Waals surface area contributed by atoms with Crippen molar-refractivity contribution in [1.82, 2.24) is 83.9 Å². The van der Waals surface area contributed by atoms with Crippen molar-refractivity contribution in [2.75, 3.05) is 56.5 Å². The number of amides is 3. The van der Waals surface area contributed by atoms with E-state index in [1.54, 1.807) is 14.7 Å². The van der Waals surface area contributed by atoms with E-state index in [2.05, 4.69) is 59.6 Å². The van der Waals surface area contributed by atoms with Crippen molar-refractivity contribution in [3.05, 3.63) is 242 Å². The largest absolute Gasteiger partial charge is 0.383 e. The number of fused-ring (bicyclic) bond motifs is 3. The van der Waals surface area contributed by atoms with Crippen molar-refractivity contribution in [2.24, 2.45) is 0 Å². The number of carbonyl (C=O) groups is 6. The second kappa shape index (κ2) is 34.4. The molecule has 12 aromatic rings. The molecule has 3 fully saturated rings. The predicted octanol–water partition coefficient (Wildman–Crippen LogP) is 12.1. The number of nitrogens with zero attached hydrogens (tertiary/aromatic N) is 17. The van der Waals surface area contributed by atoms with Crippen LogP contribution in [0.25, 0.3) is 66.9 Å². The second-order valence-corrected chi connectivity index (χ2v) is 27.3. The standard InChI is InChI=1S/C28H26F2N6O2.2C27H26FN7O2/c1-2-23(38)35-14-4-5-19(15-35)36-28-24(27(31)32-16-33-28)26(34-36)18-11-8-17(9-12-18)10-13-22(37)20-6-3-7-21(29)25(20)30;1-2-22(37)34-14-4-5-19(15-34)35-27-23(26(29)31-16-32-27)24(33-35)18-10-7-17(8-11-18)9-12-21(36)25-20(28)6-3-13-30-25;1-2-23(37)34-13-3-4-19(15-34)35-27-24(26(29)31-16-32-27)25(33-35)18-8-5-17(6-9-18)7-10-22(36)20-14-30-12-11-21(20)28/h2-3,6-9,11-12,16,19H,1,4-5,10,13-15H2,(H2,31,32,33);2-3,6-8,10-11,13,16,19H,1,4-5,9,12,14-15H2,(H2,29,31,32);2,5-6,8-9,11-12,14,16,19H,1,3-4,7,10,13,15H2,(H2,29,31,32). The molecule has 11 heterocycles. The van der Waals surface area contributed by atoms with Crippen LogP contribution in [0.3, 0.4) is 0 Å². The lowest BCUT2D eigenvalue weighted by Gasteiger charge is -2.32. The van der Waals surface area contributed by atoms with Gasteiger partial charge in [0, 0.05) is 93.8 Å². The number of carbonyl (C=O) groups excluding carboxylic acids is 6. The average Bonchev–Trinajstić information content (AvgIpc) is 1.62. The van der Waals surface area contributed by atoms with Gasteiger partial charge >= 0.3 is 0 Å². The van der Waals surface area contributed by atoms with Gasteiger partial charge in [0.25, 0.3) is 0 Å². The molecule has 4 aromatic carbocycles. The highest BCUT2D eigenvalue weighted by molar-refractivity contribution is 6.02. The first kappa shape index (κ1) is 76.8. The number of likely N-dealkylation sites (tertiary alicyclic amines) is 3. The number of halogens is 4. The third-order valence-corrected chi connectivity index (χ3v) is 20.2. The molecule has 0 spiro atoms. The van der Waals surface area contributed by atoms with Crippen LogP contribution in [0.2, 0.25) is 0 Å². The Kier molecular flexibility index (Phi) is 23.6. The van der Waals surface area contributed by atoms with E-state index in [-0.39, 0.29) is 83.5 Å². The summed E-state index contributed by atoms with van der Waals surface area (Å²) < 4.78 is 60.6. The fraction of sp³-hybridized carbons (Fsp3) is 0.256. The molecule has 6 N–H and O–H groups in total. The van der Waals surface area contributed by atoms with Crippen LogP contribution in [-0.2, 0) is 33.6 Å². The topological polar surface area (TPSA) is 347 Å². The number of benzene rings is 4. The molecule has 112 heavy (non-hydrogen) atoms. The lowest BCUT2D eigenvalue weighted by molar-refractivity contribution is -0.128. The van der Waals surface area contributed by atoms with Crippen LogP contribution in [-0.4, -0.2) is 158 Å². The Morgan fingerprint density at radius 3 is 1.17 bits per heavy atom. The molecule has 0 radical (unpaired) electrons. The summed E-state index contributed by atoms with van der Waals surface area (Å²) >= 11 is 0. The SMILES string of the molecule is C=CC(=O)N1CCCC(n2nc(-c3ccc(CCC(=O)c4cccc(F)c4F)cc3)c3c(N)ncnc32)C1.C=CC(=O)N1CCCC(n2nc(-c3ccc(CCC(=O)c4cnccc4F)cc3)c3c(N)ncnc32)C1.C=CC(=O)N1CCCC(n2nc(-c3ccc(CCC(=O)c4ncccc4F)cc3)c3c(N)ncnc32)C1. The minimum absolute atomic E-state index is 0.00248. The van der Waals surface area contributed by atoms with Crippen molar-refractivity contribution >= 4 is 85.6 Å². The Bertz CT molecular complexity index is 5350. The highest BCUT2D eigenvalue weighted by atomic mass is 19.2. The van der Waals surface area contributed by atoms with Gasteiger partial charge in [-0.1, -0.05) is 98.6 Å². The zero-order valence-corrected chi connectivity index (χ0v) is 61.0. The fourth-order valence-electron chi connectivity index (χ4n) is 14.3. The number of hydrogen-bond acceptors (Lipinski definition) is 20. The normalized spacial score (nSPS) is 15.6. The van der Waals surface area contributed by atoms with Crippen LogP contribution in [0, 0.1) is 23.3 Å². The quantitative estimate of drug-likeness (QED) is 0.0342. The van der Waals surface area contributed by atoms with Crippen molar-refractivity contribution < 1.29 is 46.3 Å². The van der Waals surface area contributed by atoms with Crippen molar-refractivity contribution in [3.63, 3.8) is 0 Å². The zero-order chi connectivity index (χ0) is 78.7. The molecule has 30 heteroatoms. The van der Waals surface area contributed by atoms with Gasteiger partial charge in [-0.2, -0.15) is 15.3 Å². The number of Topliss-reactive ketones (excluding diaryl/α,β-unsaturated/α-hetero) is 3. The Labute approximate surface area is 639 Å². The van der Waals surface area contributed by atoms with Gasteiger partial charge in [-0.3, -0.25) is 38.7 Å². The average molecular weight is 1520 g/mol. The van der Waals surface area contributed by atoms with E-state index in [4.69, 9.17) is 32.5 Å². The van der Waals surface area contributed by atoms with E-state index in [9.17, 15) is 46.3 Å². The minimum Gasteiger partial charge on any atom is -0.383 e. The van der Waals surface area contributed by atoms with Crippen LogP contribution >= 0.6 is 0 Å². The summed E-state index contributed by atoms with van der Waals surface area (Å²) in [6, 6.07) is 30.0. The summed E-state index contributed by atoms with van der Waals surface area (Å²) in [5.74, 6) is -3.78. The van der Waals surface area contributed by atoms with Gasteiger partial charge in [-0.25, -0.2) is 61.5 Å². The number of hydrogen-bond donors (Lipinski definition) is 3. The van der Waals surface area contributed by atoms with Crippen LogP contribution in [0.1, 0.15) is 124 Å². The molecular formula is C82H78F4N20O6. The number of nitrogen functional groups attached to an aromatic ring is 3. The first-order valence-corrected chi connectivity index (χ1v) is 36.5. The molecule has 3 aliphatic rings. The van der Waals surface area contributed by atoms with Gasteiger partial charge < -0.3 is 31.9 Å². The van der Waals surface area contributed by atoms with E-state index in [1.807, 2.05) is 86.8 Å². The maximum atomic E-state index is 13.9. The van der Waals surface area contributed by atoms with E-state index in [0.717, 1.165) is 78.0 Å². The molecule has 8 aromatic heterocycles. The molecule has 26 nitrogen and oxygen atoms in total. The van der Waals surface area contributed by atoms with E-state index in [0.29, 0.717) is 126 Å². The highest BCUT2D eigenvalue weighted by Crippen LogP contribution is 2.38. The first-order chi connectivity index (χ1) is 54.3. The fourth-order valence-corrected chi connectivity index (χ4v) is 14.3. The van der Waals surface area contributed by atoms with E-state index < -0.39 is 29.1 Å². The number of ketones is 3. The maximum absolute atomic E-state index is 13.9. The van der Waals surface area contributed by atoms with Crippen molar-refractivity contribution in [1.29, 1.82) is 0 Å². The van der Waals surface area contributed by atoms with Gasteiger partial charge in [0.2, 0.25) is 17.7 Å². The molecule has 15 rings (SSSR count). The van der Waals surface area contributed by atoms with E-state index in [1.165, 1.54) is 86.1 Å². The molecule has 0 saturated carbocycles. The lowest BCUT2D eigenvalue weighted by atomic mass is 10.0. The van der Waals surface area contributed by atoms with Crippen LogP contribution < -0.4 is 17.2 Å². The van der Waals surface area contributed by atoms with Gasteiger partial charge in [0.05, 0.1) is 45.4 Å². The third-order valence-electron chi connectivity index (χ3n) is 20.2. The highest BCUT2D eigenvalue weighted by Gasteiger charge is 2.32. The van der Waals surface area contributed by atoms with Gasteiger partial charge in [-0.05, 0) is 123 Å². The molecule has 570 valence electrons. The number of aryl methyl sites for hydroxylation is 3.